The third-order valence-corrected chi connectivity index (χ3v) is 4.71. The van der Waals surface area contributed by atoms with E-state index in [-0.39, 0.29) is 6.61 Å². The summed E-state index contributed by atoms with van der Waals surface area (Å²) in [5.74, 6) is 2.66. The number of ether oxygens (including phenoxy) is 1. The fraction of sp³-hybridized carbons (Fsp3) is 0.304. The van der Waals surface area contributed by atoms with Crippen LogP contribution in [0.5, 0.6) is 0 Å². The van der Waals surface area contributed by atoms with Gasteiger partial charge in [0.05, 0.1) is 31.8 Å². The van der Waals surface area contributed by atoms with Crippen LogP contribution in [0.15, 0.2) is 80.5 Å². The van der Waals surface area contributed by atoms with Gasteiger partial charge in [0.15, 0.2) is 0 Å². The highest BCUT2D eigenvalue weighted by Gasteiger charge is 2.16. The average molecular weight is 423 g/mol. The molecule has 0 unspecified atom stereocenters. The zero-order valence-electron chi connectivity index (χ0n) is 17.1. The summed E-state index contributed by atoms with van der Waals surface area (Å²) in [6.45, 7) is 2.12. The number of benzene rings is 1. The molecular formula is C23H25N3O5. The predicted octanol–water partition coefficient (Wildman–Crippen LogP) is 3.55. The molecular weight excluding hydrogens is 398 g/mol. The van der Waals surface area contributed by atoms with Crippen LogP contribution in [0.25, 0.3) is 11.4 Å². The van der Waals surface area contributed by atoms with E-state index < -0.39 is 6.10 Å². The Hall–Kier alpha value is -3.20. The zero-order chi connectivity index (χ0) is 21.3. The summed E-state index contributed by atoms with van der Waals surface area (Å²) >= 11 is 0. The van der Waals surface area contributed by atoms with Gasteiger partial charge >= 0.3 is 0 Å². The number of hydrogen-bond acceptors (Lipinski definition) is 8. The largest absolute Gasteiger partial charge is 0.468 e. The van der Waals surface area contributed by atoms with E-state index in [2.05, 4.69) is 15.0 Å². The van der Waals surface area contributed by atoms with Crippen molar-refractivity contribution in [1.29, 1.82) is 0 Å². The van der Waals surface area contributed by atoms with Crippen LogP contribution in [-0.4, -0.2) is 45.9 Å². The van der Waals surface area contributed by atoms with Crippen molar-refractivity contribution in [2.45, 2.75) is 25.7 Å². The number of aliphatic hydroxyl groups is 1. The first-order valence-corrected chi connectivity index (χ1v) is 10.2. The van der Waals surface area contributed by atoms with Crippen LogP contribution in [0.3, 0.4) is 0 Å². The molecule has 8 nitrogen and oxygen atoms in total. The molecule has 4 aromatic rings. The molecule has 0 aliphatic rings. The van der Waals surface area contributed by atoms with Gasteiger partial charge in [0.1, 0.15) is 18.1 Å². The summed E-state index contributed by atoms with van der Waals surface area (Å²) in [7, 11) is 0. The quantitative estimate of drug-likeness (QED) is 0.369. The van der Waals surface area contributed by atoms with Gasteiger partial charge in [-0.1, -0.05) is 35.5 Å². The van der Waals surface area contributed by atoms with Crippen molar-refractivity contribution in [2.24, 2.45) is 0 Å². The molecule has 0 aliphatic heterocycles. The highest BCUT2D eigenvalue weighted by atomic mass is 16.5. The molecule has 0 bridgehead atoms. The summed E-state index contributed by atoms with van der Waals surface area (Å²) < 4.78 is 21.7. The maximum Gasteiger partial charge on any atom is 0.228 e. The standard InChI is InChI=1S/C23H25N3O5/c27-19(16-28-17-21-9-5-13-30-21)14-26(15-20-8-4-12-29-20)11-10-22-24-23(25-31-22)18-6-2-1-3-7-18/h1-9,12-13,19,27H,10-11,14-17H2/t19-/m1/s1. The van der Waals surface area contributed by atoms with E-state index >= 15 is 0 Å². The van der Waals surface area contributed by atoms with Crippen LogP contribution >= 0.6 is 0 Å². The van der Waals surface area contributed by atoms with Gasteiger partial charge in [-0.25, -0.2) is 0 Å². The second-order valence-electron chi connectivity index (χ2n) is 7.19. The lowest BCUT2D eigenvalue weighted by atomic mass is 10.2. The van der Waals surface area contributed by atoms with Gasteiger partial charge in [0.2, 0.25) is 11.7 Å². The van der Waals surface area contributed by atoms with E-state index in [0.29, 0.717) is 44.4 Å². The summed E-state index contributed by atoms with van der Waals surface area (Å²) in [6.07, 6.45) is 3.13. The van der Waals surface area contributed by atoms with E-state index in [4.69, 9.17) is 18.1 Å². The maximum absolute atomic E-state index is 10.4. The second kappa shape index (κ2) is 10.7. The predicted molar refractivity (Wildman–Crippen MR) is 112 cm³/mol. The fourth-order valence-corrected chi connectivity index (χ4v) is 3.21. The topological polar surface area (TPSA) is 97.9 Å². The Morgan fingerprint density at radius 1 is 0.968 bits per heavy atom. The molecule has 0 spiro atoms. The normalized spacial score (nSPS) is 12.5. The van der Waals surface area contributed by atoms with Crippen LogP contribution in [0, 0.1) is 0 Å². The Bertz CT molecular complexity index is 999. The molecule has 0 saturated heterocycles. The van der Waals surface area contributed by atoms with Crippen molar-refractivity contribution in [3.63, 3.8) is 0 Å². The second-order valence-corrected chi connectivity index (χ2v) is 7.19. The number of aromatic nitrogens is 2. The summed E-state index contributed by atoms with van der Waals surface area (Å²) in [4.78, 5) is 6.56. The zero-order valence-corrected chi connectivity index (χ0v) is 17.1. The minimum atomic E-state index is -0.660. The Morgan fingerprint density at radius 2 is 1.74 bits per heavy atom. The van der Waals surface area contributed by atoms with Gasteiger partial charge in [-0.2, -0.15) is 4.98 Å². The van der Waals surface area contributed by atoms with Crippen molar-refractivity contribution >= 4 is 0 Å². The number of aliphatic hydroxyl groups excluding tert-OH is 1. The smallest absolute Gasteiger partial charge is 0.228 e. The molecule has 0 aliphatic carbocycles. The molecule has 1 N–H and O–H groups in total. The lowest BCUT2D eigenvalue weighted by molar-refractivity contribution is 0.00290. The third kappa shape index (κ3) is 6.39. The summed E-state index contributed by atoms with van der Waals surface area (Å²) in [6, 6.07) is 17.1. The molecule has 31 heavy (non-hydrogen) atoms. The van der Waals surface area contributed by atoms with Crippen molar-refractivity contribution in [3.8, 4) is 11.4 Å². The van der Waals surface area contributed by atoms with Crippen molar-refractivity contribution < 1.29 is 23.2 Å². The molecule has 8 heteroatoms. The first-order valence-electron chi connectivity index (χ1n) is 10.2. The van der Waals surface area contributed by atoms with E-state index in [1.165, 1.54) is 0 Å². The lowest BCUT2D eigenvalue weighted by Gasteiger charge is -2.23. The highest BCUT2D eigenvalue weighted by Crippen LogP contribution is 2.15. The number of nitrogens with zero attached hydrogens (tertiary/aromatic N) is 3. The fourth-order valence-electron chi connectivity index (χ4n) is 3.21. The molecule has 3 heterocycles. The van der Waals surface area contributed by atoms with Gasteiger partial charge in [-0.3, -0.25) is 4.90 Å². The van der Waals surface area contributed by atoms with Crippen molar-refractivity contribution in [2.75, 3.05) is 19.7 Å². The molecule has 0 fully saturated rings. The Morgan fingerprint density at radius 3 is 2.48 bits per heavy atom. The Balaban J connectivity index is 1.31. The van der Waals surface area contributed by atoms with Crippen molar-refractivity contribution in [3.05, 3.63) is 84.5 Å². The van der Waals surface area contributed by atoms with Gasteiger partial charge in [-0.15, -0.1) is 0 Å². The van der Waals surface area contributed by atoms with Gasteiger partial charge in [0.25, 0.3) is 0 Å². The van der Waals surface area contributed by atoms with Crippen LogP contribution in [0.1, 0.15) is 17.4 Å². The molecule has 3 aromatic heterocycles. The molecule has 4 rings (SSSR count). The number of furan rings is 2. The third-order valence-electron chi connectivity index (χ3n) is 4.71. The summed E-state index contributed by atoms with van der Waals surface area (Å²) in [5, 5.41) is 14.5. The number of hydrogen-bond donors (Lipinski definition) is 1. The van der Waals surface area contributed by atoms with E-state index in [1.54, 1.807) is 18.6 Å². The first kappa shape index (κ1) is 21.0. The van der Waals surface area contributed by atoms with Crippen molar-refractivity contribution in [1.82, 2.24) is 15.0 Å². The van der Waals surface area contributed by atoms with Crippen LogP contribution in [-0.2, 0) is 24.3 Å². The Kier molecular flexibility index (Phi) is 7.28. The molecule has 0 saturated carbocycles. The number of rotatable bonds is 12. The average Bonchev–Trinajstić information content (AvgIpc) is 3.56. The SMILES string of the molecule is O[C@@H](COCc1ccco1)CN(CCc1nc(-c2ccccc2)no1)Cc1ccco1. The van der Waals surface area contributed by atoms with E-state index in [0.717, 1.165) is 17.1 Å². The first-order chi connectivity index (χ1) is 15.3. The van der Waals surface area contributed by atoms with E-state index in [9.17, 15) is 5.11 Å². The lowest BCUT2D eigenvalue weighted by Crippen LogP contribution is -2.35. The minimum Gasteiger partial charge on any atom is -0.468 e. The van der Waals surface area contributed by atoms with Gasteiger partial charge in [0, 0.05) is 25.1 Å². The van der Waals surface area contributed by atoms with Crippen LogP contribution < -0.4 is 0 Å². The summed E-state index contributed by atoms with van der Waals surface area (Å²) in [5.41, 5.74) is 0.911. The Labute approximate surface area is 180 Å². The van der Waals surface area contributed by atoms with Gasteiger partial charge in [-0.05, 0) is 24.3 Å². The molecule has 0 amide bonds. The monoisotopic (exact) mass is 423 g/mol. The molecule has 162 valence electrons. The minimum absolute atomic E-state index is 0.202. The maximum atomic E-state index is 10.4. The van der Waals surface area contributed by atoms with Gasteiger partial charge < -0.3 is 23.2 Å². The van der Waals surface area contributed by atoms with E-state index in [1.807, 2.05) is 48.5 Å². The molecule has 0 radical (unpaired) electrons. The highest BCUT2D eigenvalue weighted by molar-refractivity contribution is 5.53. The molecule has 1 aromatic carbocycles. The van der Waals surface area contributed by atoms with Crippen LogP contribution in [0.4, 0.5) is 0 Å². The van der Waals surface area contributed by atoms with Crippen LogP contribution in [0.2, 0.25) is 0 Å². The molecule has 1 atom stereocenters.